The first-order chi connectivity index (χ1) is 22.1. The van der Waals surface area contributed by atoms with E-state index in [4.69, 9.17) is 32.2 Å². The molecule has 256 valence electrons. The molecule has 0 bridgehead atoms. The first-order valence-corrected chi connectivity index (χ1v) is 14.3. The first kappa shape index (κ1) is 37.9. The van der Waals surface area contributed by atoms with E-state index < -0.39 is 36.0 Å². The standard InChI is InChI=1S/C26H36N10O4.C2HF3O2/c1-36(15-17-14-31-23-21(32-17)22(28)34-26(29)35-23)18-8-6-16(7-9-18)24(39)33-19(10-11-20(37)38)25(40)30-13-5-3-2-4-12-27;3-2(4,5)1(6)7/h6-9,14,19H,2-5,10-13,15,27H2,1H3,(H,30,40)(H,33,39)(H,37,38)(H4,28,29,31,34,35);(H,6,7)/t19-;/m0./s1. The lowest BCUT2D eigenvalue weighted by Crippen LogP contribution is -2.47. The van der Waals surface area contributed by atoms with Crippen LogP contribution in [0.15, 0.2) is 30.5 Å². The minimum absolute atomic E-state index is 0.0180. The quantitative estimate of drug-likeness (QED) is 0.113. The second-order valence-corrected chi connectivity index (χ2v) is 10.2. The summed E-state index contributed by atoms with van der Waals surface area (Å²) >= 11 is 0. The Morgan fingerprint density at radius 2 is 1.62 bits per heavy atom. The van der Waals surface area contributed by atoms with Crippen LogP contribution in [0.25, 0.3) is 11.2 Å². The summed E-state index contributed by atoms with van der Waals surface area (Å²) in [7, 11) is 1.85. The average molecular weight is 667 g/mol. The minimum atomic E-state index is -5.08. The molecule has 0 saturated carbocycles. The Hall–Kier alpha value is -5.33. The summed E-state index contributed by atoms with van der Waals surface area (Å²) in [6.45, 7) is 1.47. The molecule has 2 aromatic heterocycles. The number of fused-ring (bicyclic) bond motifs is 1. The molecule has 0 aliphatic carbocycles. The summed E-state index contributed by atoms with van der Waals surface area (Å²) in [4.78, 5) is 64.1. The van der Waals surface area contributed by atoms with E-state index >= 15 is 0 Å². The molecule has 0 saturated heterocycles. The SMILES string of the molecule is CN(Cc1cnc2nc(N)nc(N)c2n1)c1ccc(C(=O)N[C@@H](CCC(=O)O)C(=O)NCCCCCCN)cc1.O=C(O)C(F)(F)F. The van der Waals surface area contributed by atoms with Gasteiger partial charge in [0.05, 0.1) is 18.4 Å². The van der Waals surface area contributed by atoms with E-state index in [1.54, 1.807) is 30.5 Å². The number of hydrogen-bond donors (Lipinski definition) is 7. The average Bonchev–Trinajstić information content (AvgIpc) is 3.00. The predicted molar refractivity (Wildman–Crippen MR) is 165 cm³/mol. The van der Waals surface area contributed by atoms with E-state index in [9.17, 15) is 27.6 Å². The highest BCUT2D eigenvalue weighted by Crippen LogP contribution is 2.19. The second kappa shape index (κ2) is 18.0. The Morgan fingerprint density at radius 3 is 2.21 bits per heavy atom. The van der Waals surface area contributed by atoms with Crippen LogP contribution in [0, 0.1) is 0 Å². The number of aliphatic carboxylic acids is 2. The largest absolute Gasteiger partial charge is 0.490 e. The number of carbonyl (C=O) groups excluding carboxylic acids is 2. The van der Waals surface area contributed by atoms with Gasteiger partial charge in [-0.25, -0.2) is 14.8 Å². The monoisotopic (exact) mass is 666 g/mol. The summed E-state index contributed by atoms with van der Waals surface area (Å²) < 4.78 is 31.7. The van der Waals surface area contributed by atoms with Crippen molar-refractivity contribution in [3.63, 3.8) is 0 Å². The molecule has 2 amide bonds. The third-order valence-electron chi connectivity index (χ3n) is 6.41. The molecular formula is C28H37F3N10O6. The van der Waals surface area contributed by atoms with E-state index in [2.05, 4.69) is 30.6 Å². The summed E-state index contributed by atoms with van der Waals surface area (Å²) in [6.07, 6.45) is -0.161. The maximum absolute atomic E-state index is 12.9. The second-order valence-electron chi connectivity index (χ2n) is 10.2. The number of hydrogen-bond acceptors (Lipinski definition) is 12. The zero-order valence-corrected chi connectivity index (χ0v) is 25.5. The molecular weight excluding hydrogens is 629 g/mol. The molecule has 0 unspecified atom stereocenters. The number of carbonyl (C=O) groups is 4. The van der Waals surface area contributed by atoms with Crippen LogP contribution in [-0.2, 0) is 20.9 Å². The van der Waals surface area contributed by atoms with Crippen LogP contribution in [0.3, 0.4) is 0 Å². The van der Waals surface area contributed by atoms with E-state index in [0.717, 1.165) is 31.4 Å². The van der Waals surface area contributed by atoms with Crippen LogP contribution < -0.4 is 32.7 Å². The van der Waals surface area contributed by atoms with Gasteiger partial charge in [-0.2, -0.15) is 23.1 Å². The molecule has 0 spiro atoms. The number of amides is 2. The van der Waals surface area contributed by atoms with Crippen LogP contribution in [-0.4, -0.2) is 86.3 Å². The number of rotatable bonds is 15. The minimum Gasteiger partial charge on any atom is -0.481 e. The zero-order valence-electron chi connectivity index (χ0n) is 25.5. The van der Waals surface area contributed by atoms with E-state index in [1.807, 2.05) is 11.9 Å². The van der Waals surface area contributed by atoms with Crippen molar-refractivity contribution in [2.24, 2.45) is 5.73 Å². The van der Waals surface area contributed by atoms with Crippen LogP contribution in [0.4, 0.5) is 30.6 Å². The van der Waals surface area contributed by atoms with Crippen molar-refractivity contribution in [3.05, 3.63) is 41.7 Å². The maximum Gasteiger partial charge on any atom is 0.490 e. The first-order valence-electron chi connectivity index (χ1n) is 14.3. The molecule has 19 heteroatoms. The van der Waals surface area contributed by atoms with E-state index in [-0.39, 0.29) is 24.6 Å². The van der Waals surface area contributed by atoms with Crippen LogP contribution in [0.5, 0.6) is 0 Å². The van der Waals surface area contributed by atoms with Crippen molar-refractivity contribution in [2.45, 2.75) is 57.3 Å². The van der Waals surface area contributed by atoms with E-state index in [0.29, 0.717) is 42.1 Å². The third-order valence-corrected chi connectivity index (χ3v) is 6.41. The number of anilines is 3. The van der Waals surface area contributed by atoms with Gasteiger partial charge in [0.15, 0.2) is 17.0 Å². The molecule has 2 heterocycles. The van der Waals surface area contributed by atoms with Gasteiger partial charge < -0.3 is 42.9 Å². The molecule has 0 aliphatic rings. The fourth-order valence-electron chi connectivity index (χ4n) is 4.00. The fraction of sp³-hybridized carbons (Fsp3) is 0.429. The van der Waals surface area contributed by atoms with Crippen molar-refractivity contribution >= 4 is 52.4 Å². The fourth-order valence-corrected chi connectivity index (χ4v) is 4.00. The summed E-state index contributed by atoms with van der Waals surface area (Å²) in [5, 5.41) is 21.7. The number of aromatic nitrogens is 4. The zero-order chi connectivity index (χ0) is 35.1. The third kappa shape index (κ3) is 12.9. The van der Waals surface area contributed by atoms with Crippen molar-refractivity contribution < 1.29 is 42.6 Å². The number of carboxylic acid groups (broad SMARTS) is 2. The Kier molecular flexibility index (Phi) is 14.5. The lowest BCUT2D eigenvalue weighted by atomic mass is 10.1. The number of halogens is 3. The number of alkyl halides is 3. The van der Waals surface area contributed by atoms with Crippen molar-refractivity contribution in [1.29, 1.82) is 0 Å². The van der Waals surface area contributed by atoms with Gasteiger partial charge in [0.2, 0.25) is 11.9 Å². The van der Waals surface area contributed by atoms with Crippen molar-refractivity contribution in [2.75, 3.05) is 36.5 Å². The van der Waals surface area contributed by atoms with Gasteiger partial charge in [-0.05, 0) is 50.1 Å². The van der Waals surface area contributed by atoms with Gasteiger partial charge in [0.25, 0.3) is 5.91 Å². The number of unbranched alkanes of at least 4 members (excludes halogenated alkanes) is 3. The number of nitrogens with one attached hydrogen (secondary N) is 2. The Bertz CT molecular complexity index is 1530. The van der Waals surface area contributed by atoms with Gasteiger partial charge in [-0.3, -0.25) is 14.4 Å². The maximum atomic E-state index is 12.9. The molecule has 47 heavy (non-hydrogen) atoms. The molecule has 3 aromatic rings. The van der Waals surface area contributed by atoms with Gasteiger partial charge in [-0.15, -0.1) is 0 Å². The Balaban J connectivity index is 0.000000984. The summed E-state index contributed by atoms with van der Waals surface area (Å²) in [6, 6.07) is 5.81. The van der Waals surface area contributed by atoms with E-state index in [1.165, 1.54) is 0 Å². The lowest BCUT2D eigenvalue weighted by molar-refractivity contribution is -0.192. The smallest absolute Gasteiger partial charge is 0.481 e. The predicted octanol–water partition coefficient (Wildman–Crippen LogP) is 1.45. The molecule has 0 radical (unpaired) electrons. The topological polar surface area (TPSA) is 266 Å². The molecule has 1 atom stereocenters. The highest BCUT2D eigenvalue weighted by molar-refractivity contribution is 5.98. The summed E-state index contributed by atoms with van der Waals surface area (Å²) in [5.74, 6) is -4.51. The van der Waals surface area contributed by atoms with Gasteiger partial charge in [0.1, 0.15) is 6.04 Å². The molecule has 0 fully saturated rings. The number of nitrogens with zero attached hydrogens (tertiary/aromatic N) is 5. The number of nitrogen functional groups attached to an aromatic ring is 2. The molecule has 16 nitrogen and oxygen atoms in total. The van der Waals surface area contributed by atoms with Gasteiger partial charge in [-0.1, -0.05) is 12.8 Å². The highest BCUT2D eigenvalue weighted by atomic mass is 19.4. The van der Waals surface area contributed by atoms with Crippen molar-refractivity contribution in [1.82, 2.24) is 30.6 Å². The molecule has 10 N–H and O–H groups in total. The van der Waals surface area contributed by atoms with Gasteiger partial charge in [0, 0.05) is 31.3 Å². The highest BCUT2D eigenvalue weighted by Gasteiger charge is 2.38. The summed E-state index contributed by atoms with van der Waals surface area (Å²) in [5.41, 5.74) is 19.4. The number of nitrogens with two attached hydrogens (primary N) is 3. The Labute approximate surface area is 267 Å². The van der Waals surface area contributed by atoms with Crippen molar-refractivity contribution in [3.8, 4) is 0 Å². The molecule has 1 aromatic carbocycles. The number of benzene rings is 1. The van der Waals surface area contributed by atoms with Crippen LogP contribution in [0.1, 0.15) is 54.6 Å². The molecule has 3 rings (SSSR count). The van der Waals surface area contributed by atoms with Crippen LogP contribution >= 0.6 is 0 Å². The van der Waals surface area contributed by atoms with Gasteiger partial charge >= 0.3 is 18.1 Å². The van der Waals surface area contributed by atoms with Crippen LogP contribution in [0.2, 0.25) is 0 Å². The normalized spacial score (nSPS) is 11.6. The Morgan fingerprint density at radius 1 is 0.979 bits per heavy atom. The molecule has 0 aliphatic heterocycles. The number of carboxylic acids is 2. The lowest BCUT2D eigenvalue weighted by Gasteiger charge is -2.20.